The fourth-order valence-corrected chi connectivity index (χ4v) is 3.31. The van der Waals surface area contributed by atoms with Gasteiger partial charge in [-0.3, -0.25) is 14.4 Å². The zero-order valence-electron chi connectivity index (χ0n) is 21.0. The summed E-state index contributed by atoms with van der Waals surface area (Å²) in [7, 11) is 0. The summed E-state index contributed by atoms with van der Waals surface area (Å²) in [5.74, 6) is -1.23. The van der Waals surface area contributed by atoms with Crippen LogP contribution in [0.3, 0.4) is 0 Å². The summed E-state index contributed by atoms with van der Waals surface area (Å²) in [5, 5.41) is 9.20. The van der Waals surface area contributed by atoms with Gasteiger partial charge in [-0.15, -0.1) is 0 Å². The molecule has 9 nitrogen and oxygen atoms in total. The van der Waals surface area contributed by atoms with Gasteiger partial charge in [0.1, 0.15) is 0 Å². The molecule has 0 aliphatic heterocycles. The lowest BCUT2D eigenvalue weighted by Gasteiger charge is -2.13. The molecule has 192 valence electrons. The van der Waals surface area contributed by atoms with E-state index < -0.39 is 11.8 Å². The van der Waals surface area contributed by atoms with Crippen LogP contribution in [0.15, 0.2) is 71.8 Å². The monoisotopic (exact) mass is 502 g/mol. The Labute approximate surface area is 215 Å². The molecule has 9 heteroatoms. The van der Waals surface area contributed by atoms with Gasteiger partial charge in [-0.25, -0.2) is 5.43 Å². The summed E-state index contributed by atoms with van der Waals surface area (Å²) in [6, 6.07) is 19.6. The van der Waals surface area contributed by atoms with E-state index in [0.29, 0.717) is 29.4 Å². The second-order valence-electron chi connectivity index (χ2n) is 8.01. The fraction of sp³-hybridized carbons (Fsp3) is 0.214. The van der Waals surface area contributed by atoms with E-state index in [-0.39, 0.29) is 12.5 Å². The number of amides is 3. The molecule has 0 unspecified atom stereocenters. The van der Waals surface area contributed by atoms with Crippen molar-refractivity contribution in [3.8, 4) is 11.5 Å². The molecule has 0 saturated carbocycles. The topological polar surface area (TPSA) is 118 Å². The Kier molecular flexibility index (Phi) is 9.78. The van der Waals surface area contributed by atoms with Crippen LogP contribution in [0.25, 0.3) is 0 Å². The number of hydrogen-bond donors (Lipinski definition) is 3. The van der Waals surface area contributed by atoms with E-state index in [9.17, 15) is 14.4 Å². The van der Waals surface area contributed by atoms with Gasteiger partial charge in [-0.1, -0.05) is 42.8 Å². The molecule has 3 aromatic rings. The predicted octanol–water partition coefficient (Wildman–Crippen LogP) is 4.06. The van der Waals surface area contributed by atoms with Crippen LogP contribution in [-0.2, 0) is 20.8 Å². The zero-order valence-corrected chi connectivity index (χ0v) is 21.0. The normalized spacial score (nSPS) is 10.6. The molecule has 0 aromatic heterocycles. The Morgan fingerprint density at radius 1 is 0.865 bits per heavy atom. The van der Waals surface area contributed by atoms with Crippen molar-refractivity contribution in [3.63, 3.8) is 0 Å². The first-order valence-corrected chi connectivity index (χ1v) is 11.9. The van der Waals surface area contributed by atoms with Crippen LogP contribution in [0.5, 0.6) is 11.5 Å². The molecule has 0 radical (unpaired) electrons. The molecule has 0 spiro atoms. The molecule has 3 aromatic carbocycles. The maximum atomic E-state index is 12.4. The van der Waals surface area contributed by atoms with Gasteiger partial charge in [0.2, 0.25) is 0 Å². The number of hydrazone groups is 1. The summed E-state index contributed by atoms with van der Waals surface area (Å²) in [6.07, 6.45) is 2.17. The molecule has 0 atom stereocenters. The highest BCUT2D eigenvalue weighted by molar-refractivity contribution is 6.39. The number of carbonyl (C=O) groups is 3. The van der Waals surface area contributed by atoms with Crippen LogP contribution < -0.4 is 25.5 Å². The lowest BCUT2D eigenvalue weighted by molar-refractivity contribution is -0.136. The van der Waals surface area contributed by atoms with Gasteiger partial charge in [-0.05, 0) is 67.8 Å². The number of benzene rings is 3. The lowest BCUT2D eigenvalue weighted by Crippen LogP contribution is -2.32. The number of rotatable bonds is 10. The highest BCUT2D eigenvalue weighted by Crippen LogP contribution is 2.28. The molecule has 0 saturated heterocycles. The molecule has 0 aliphatic carbocycles. The fourth-order valence-electron chi connectivity index (χ4n) is 3.31. The zero-order chi connectivity index (χ0) is 26.6. The largest absolute Gasteiger partial charge is 0.490 e. The maximum absolute atomic E-state index is 12.4. The summed E-state index contributed by atoms with van der Waals surface area (Å²) in [5.41, 5.74) is 6.13. The first-order valence-electron chi connectivity index (χ1n) is 11.9. The molecular weight excluding hydrogens is 472 g/mol. The number of nitrogens with one attached hydrogen (secondary N) is 3. The van der Waals surface area contributed by atoms with Gasteiger partial charge in [0, 0.05) is 11.4 Å². The number of para-hydroxylation sites is 1. The van der Waals surface area contributed by atoms with Crippen molar-refractivity contribution in [2.75, 3.05) is 23.8 Å². The number of carbonyl (C=O) groups excluding carboxylic acids is 3. The van der Waals surface area contributed by atoms with Crippen molar-refractivity contribution < 1.29 is 23.9 Å². The van der Waals surface area contributed by atoms with E-state index >= 15 is 0 Å². The molecule has 3 amide bonds. The SMILES string of the molecule is CCOc1cc(/C=N\NC(=O)C(=O)Nc2ccc(C)cc2)ccc1OCC(=O)Nc1ccccc1CC. The van der Waals surface area contributed by atoms with E-state index in [0.717, 1.165) is 23.2 Å². The van der Waals surface area contributed by atoms with E-state index in [1.165, 1.54) is 6.21 Å². The van der Waals surface area contributed by atoms with Crippen LogP contribution in [0, 0.1) is 6.92 Å². The van der Waals surface area contributed by atoms with Gasteiger partial charge in [-0.2, -0.15) is 5.10 Å². The smallest absolute Gasteiger partial charge is 0.329 e. The number of nitrogens with zero attached hydrogens (tertiary/aromatic N) is 1. The van der Waals surface area contributed by atoms with Gasteiger partial charge in [0.15, 0.2) is 18.1 Å². The first kappa shape index (κ1) is 26.9. The number of aryl methyl sites for hydroxylation is 2. The number of hydrogen-bond acceptors (Lipinski definition) is 6. The highest BCUT2D eigenvalue weighted by atomic mass is 16.5. The number of ether oxygens (including phenoxy) is 2. The van der Waals surface area contributed by atoms with Crippen molar-refractivity contribution in [1.29, 1.82) is 0 Å². The van der Waals surface area contributed by atoms with E-state index in [1.807, 2.05) is 57.2 Å². The van der Waals surface area contributed by atoms with E-state index in [4.69, 9.17) is 9.47 Å². The number of anilines is 2. The average Bonchev–Trinajstić information content (AvgIpc) is 2.90. The average molecular weight is 503 g/mol. The second kappa shape index (κ2) is 13.4. The Bertz CT molecular complexity index is 1270. The maximum Gasteiger partial charge on any atom is 0.329 e. The molecule has 0 aliphatic rings. The third kappa shape index (κ3) is 8.21. The van der Waals surface area contributed by atoms with Crippen LogP contribution in [0.2, 0.25) is 0 Å². The second-order valence-corrected chi connectivity index (χ2v) is 8.01. The third-order valence-corrected chi connectivity index (χ3v) is 5.19. The van der Waals surface area contributed by atoms with Crippen LogP contribution in [-0.4, -0.2) is 37.1 Å². The van der Waals surface area contributed by atoms with Crippen molar-refractivity contribution in [1.82, 2.24) is 5.43 Å². The lowest BCUT2D eigenvalue weighted by atomic mass is 10.1. The standard InChI is InChI=1S/C28H30N4O5/c1-4-21-8-6-7-9-23(21)31-26(33)18-37-24-15-12-20(16-25(24)36-5-2)17-29-32-28(35)27(34)30-22-13-10-19(3)11-14-22/h6-17H,4-5,18H2,1-3H3,(H,30,34)(H,31,33)(H,32,35)/b29-17-. The highest BCUT2D eigenvalue weighted by Gasteiger charge is 2.13. The molecule has 0 heterocycles. The predicted molar refractivity (Wildman–Crippen MR) is 143 cm³/mol. The molecule has 37 heavy (non-hydrogen) atoms. The van der Waals surface area contributed by atoms with Crippen molar-refractivity contribution in [2.24, 2.45) is 5.10 Å². The summed E-state index contributed by atoms with van der Waals surface area (Å²) in [6.45, 7) is 5.95. The Morgan fingerprint density at radius 2 is 1.62 bits per heavy atom. The first-order chi connectivity index (χ1) is 17.9. The van der Waals surface area contributed by atoms with Gasteiger partial charge in [0.05, 0.1) is 12.8 Å². The van der Waals surface area contributed by atoms with Gasteiger partial charge < -0.3 is 20.1 Å². The van der Waals surface area contributed by atoms with Crippen molar-refractivity contribution in [3.05, 3.63) is 83.4 Å². The third-order valence-electron chi connectivity index (χ3n) is 5.19. The molecule has 0 fully saturated rings. The molecular formula is C28H30N4O5. The van der Waals surface area contributed by atoms with Crippen LogP contribution >= 0.6 is 0 Å². The van der Waals surface area contributed by atoms with Crippen LogP contribution in [0.4, 0.5) is 11.4 Å². The van der Waals surface area contributed by atoms with E-state index in [2.05, 4.69) is 21.2 Å². The van der Waals surface area contributed by atoms with Gasteiger partial charge >= 0.3 is 11.8 Å². The summed E-state index contributed by atoms with van der Waals surface area (Å²) in [4.78, 5) is 36.5. The molecule has 0 bridgehead atoms. The summed E-state index contributed by atoms with van der Waals surface area (Å²) >= 11 is 0. The van der Waals surface area contributed by atoms with Crippen molar-refractivity contribution in [2.45, 2.75) is 27.2 Å². The minimum atomic E-state index is -0.905. The molecule has 3 N–H and O–H groups in total. The quantitative estimate of drug-likeness (QED) is 0.220. The minimum absolute atomic E-state index is 0.197. The van der Waals surface area contributed by atoms with E-state index in [1.54, 1.807) is 30.3 Å². The Balaban J connectivity index is 1.56. The Hall–Kier alpha value is -4.66. The Morgan fingerprint density at radius 3 is 2.35 bits per heavy atom. The van der Waals surface area contributed by atoms with Gasteiger partial charge in [0.25, 0.3) is 5.91 Å². The molecule has 3 rings (SSSR count). The van der Waals surface area contributed by atoms with Crippen molar-refractivity contribution >= 4 is 35.3 Å². The summed E-state index contributed by atoms with van der Waals surface area (Å²) < 4.78 is 11.3. The van der Waals surface area contributed by atoms with Crippen LogP contribution in [0.1, 0.15) is 30.5 Å². The minimum Gasteiger partial charge on any atom is -0.490 e.